The lowest BCUT2D eigenvalue weighted by Crippen LogP contribution is -2.14. The fourth-order valence-electron chi connectivity index (χ4n) is 1.89. The summed E-state index contributed by atoms with van der Waals surface area (Å²) < 4.78 is 11.9. The summed E-state index contributed by atoms with van der Waals surface area (Å²) in [6.45, 7) is 1.87. The van der Waals surface area contributed by atoms with Gasteiger partial charge in [-0.2, -0.15) is 0 Å². The lowest BCUT2D eigenvalue weighted by molar-refractivity contribution is 0.299. The van der Waals surface area contributed by atoms with Gasteiger partial charge in [0.05, 0.1) is 10.7 Å². The Kier molecular flexibility index (Phi) is 3.61. The Balaban J connectivity index is 1.86. The van der Waals surface area contributed by atoms with Gasteiger partial charge in [-0.1, -0.05) is 23.2 Å². The van der Waals surface area contributed by atoms with Gasteiger partial charge in [0.25, 0.3) is 5.56 Å². The van der Waals surface area contributed by atoms with Gasteiger partial charge in [-0.25, -0.2) is 4.98 Å². The summed E-state index contributed by atoms with van der Waals surface area (Å²) in [5, 5.41) is 0.929. The number of ether oxygens (including phenoxy) is 1. The fraction of sp³-hybridized carbons (Fsp3) is 0.143. The summed E-state index contributed by atoms with van der Waals surface area (Å²) in [5.41, 5.74) is 0.640. The van der Waals surface area contributed by atoms with Crippen LogP contribution >= 0.6 is 23.2 Å². The minimum Gasteiger partial charge on any atom is -0.486 e. The van der Waals surface area contributed by atoms with E-state index in [0.717, 1.165) is 4.57 Å². The van der Waals surface area contributed by atoms with Gasteiger partial charge >= 0.3 is 0 Å². The highest BCUT2D eigenvalue weighted by Crippen LogP contribution is 2.27. The predicted molar refractivity (Wildman–Crippen MR) is 79.3 cm³/mol. The molecule has 2 aromatic heterocycles. The molecule has 0 atom stereocenters. The van der Waals surface area contributed by atoms with Gasteiger partial charge in [0.15, 0.2) is 5.65 Å². The van der Waals surface area contributed by atoms with E-state index in [0.29, 0.717) is 32.9 Å². The zero-order valence-electron chi connectivity index (χ0n) is 11.0. The third-order valence-corrected chi connectivity index (χ3v) is 3.32. The monoisotopic (exact) mass is 324 g/mol. The van der Waals surface area contributed by atoms with Gasteiger partial charge in [-0.05, 0) is 25.1 Å². The molecule has 0 radical (unpaired) electrons. The first kappa shape index (κ1) is 14.0. The molecule has 0 aliphatic rings. The third-order valence-electron chi connectivity index (χ3n) is 2.79. The van der Waals surface area contributed by atoms with Crippen LogP contribution < -0.4 is 10.3 Å². The van der Waals surface area contributed by atoms with Crippen molar-refractivity contribution in [3.05, 3.63) is 62.2 Å². The molecule has 3 rings (SSSR count). The Morgan fingerprint density at radius 2 is 2.10 bits per heavy atom. The van der Waals surface area contributed by atoms with Crippen molar-refractivity contribution in [1.29, 1.82) is 0 Å². The number of rotatable bonds is 3. The summed E-state index contributed by atoms with van der Waals surface area (Å²) in [6, 6.07) is 7.97. The molecule has 0 amide bonds. The number of hydrogen-bond donors (Lipinski definition) is 0. The zero-order valence-corrected chi connectivity index (χ0v) is 12.5. The van der Waals surface area contributed by atoms with Crippen LogP contribution in [0, 0.1) is 6.92 Å². The van der Waals surface area contributed by atoms with Crippen LogP contribution in [0.3, 0.4) is 0 Å². The van der Waals surface area contributed by atoms with Crippen molar-refractivity contribution in [2.24, 2.45) is 0 Å². The number of aromatic nitrogens is 2. The van der Waals surface area contributed by atoms with Crippen LogP contribution in [0.1, 0.15) is 11.5 Å². The normalized spacial score (nSPS) is 11.0. The molecule has 0 N–H and O–H groups in total. The molecule has 0 saturated carbocycles. The molecule has 2 heterocycles. The molecule has 108 valence electrons. The van der Waals surface area contributed by atoms with Crippen molar-refractivity contribution in [1.82, 2.24) is 9.56 Å². The van der Waals surface area contributed by atoms with E-state index in [1.54, 1.807) is 31.2 Å². The van der Waals surface area contributed by atoms with Crippen LogP contribution in [0.15, 0.2) is 39.6 Å². The first-order chi connectivity index (χ1) is 10.0. The van der Waals surface area contributed by atoms with Crippen molar-refractivity contribution in [3.8, 4) is 5.75 Å². The standard InChI is InChI=1S/C14H10Cl2N2O3/c1-8-4-13-17-10(6-14(19)18(13)21-8)7-20-12-3-2-9(15)5-11(12)16/h2-6H,7H2,1H3. The maximum absolute atomic E-state index is 11.9. The van der Waals surface area contributed by atoms with Crippen LogP contribution in [0.2, 0.25) is 10.0 Å². The average molecular weight is 325 g/mol. The predicted octanol–water partition coefficient (Wildman–Crippen LogP) is 3.48. The van der Waals surface area contributed by atoms with Crippen molar-refractivity contribution in [2.45, 2.75) is 13.5 Å². The molecule has 7 heteroatoms. The van der Waals surface area contributed by atoms with Crippen molar-refractivity contribution >= 4 is 28.8 Å². The average Bonchev–Trinajstić information content (AvgIpc) is 2.79. The van der Waals surface area contributed by atoms with Gasteiger partial charge in [-0.3, -0.25) is 4.79 Å². The first-order valence-electron chi connectivity index (χ1n) is 6.10. The van der Waals surface area contributed by atoms with E-state index in [1.165, 1.54) is 6.07 Å². The second-order valence-electron chi connectivity index (χ2n) is 4.45. The number of nitrogens with zero attached hydrogens (tertiary/aromatic N) is 2. The number of fused-ring (bicyclic) bond motifs is 1. The van der Waals surface area contributed by atoms with Crippen LogP contribution in [0.5, 0.6) is 5.75 Å². The van der Waals surface area contributed by atoms with Crippen LogP contribution in [-0.4, -0.2) is 9.56 Å². The smallest absolute Gasteiger partial charge is 0.287 e. The zero-order chi connectivity index (χ0) is 15.0. The molecule has 0 spiro atoms. The van der Waals surface area contributed by atoms with E-state index in [1.807, 2.05) is 0 Å². The number of aryl methyl sites for hydroxylation is 1. The Morgan fingerprint density at radius 1 is 1.29 bits per heavy atom. The summed E-state index contributed by atoms with van der Waals surface area (Å²) in [7, 11) is 0. The fourth-order valence-corrected chi connectivity index (χ4v) is 2.35. The molecule has 21 heavy (non-hydrogen) atoms. The van der Waals surface area contributed by atoms with E-state index >= 15 is 0 Å². The van der Waals surface area contributed by atoms with Gasteiger partial charge in [0.1, 0.15) is 18.1 Å². The Bertz CT molecular complexity index is 870. The summed E-state index contributed by atoms with van der Waals surface area (Å²) >= 11 is 11.8. The second-order valence-corrected chi connectivity index (χ2v) is 5.29. The van der Waals surface area contributed by atoms with E-state index in [2.05, 4.69) is 4.98 Å². The van der Waals surface area contributed by atoms with Crippen LogP contribution in [0.25, 0.3) is 5.65 Å². The van der Waals surface area contributed by atoms with Crippen LogP contribution in [-0.2, 0) is 6.61 Å². The SMILES string of the molecule is Cc1cc2nc(COc3ccc(Cl)cc3Cl)cc(=O)n2o1. The minimum atomic E-state index is -0.297. The molecular formula is C14H10Cl2N2O3. The highest BCUT2D eigenvalue weighted by molar-refractivity contribution is 6.35. The third kappa shape index (κ3) is 2.89. The molecular weight excluding hydrogens is 315 g/mol. The highest BCUT2D eigenvalue weighted by Gasteiger charge is 2.08. The number of halogens is 2. The first-order valence-corrected chi connectivity index (χ1v) is 6.86. The van der Waals surface area contributed by atoms with Gasteiger partial charge < -0.3 is 9.26 Å². The number of benzene rings is 1. The molecule has 5 nitrogen and oxygen atoms in total. The summed E-state index contributed by atoms with van der Waals surface area (Å²) in [6.07, 6.45) is 0. The highest BCUT2D eigenvalue weighted by atomic mass is 35.5. The second kappa shape index (κ2) is 5.42. The molecule has 1 aromatic carbocycles. The Labute approximate surface area is 129 Å². The lowest BCUT2D eigenvalue weighted by Gasteiger charge is -2.07. The maximum atomic E-state index is 11.9. The summed E-state index contributed by atoms with van der Waals surface area (Å²) in [5.74, 6) is 1.09. The number of hydrogen-bond acceptors (Lipinski definition) is 4. The molecule has 0 aliphatic heterocycles. The minimum absolute atomic E-state index is 0.122. The van der Waals surface area contributed by atoms with Crippen LogP contribution in [0.4, 0.5) is 0 Å². The topological polar surface area (TPSA) is 56.7 Å². The van der Waals surface area contributed by atoms with E-state index in [4.69, 9.17) is 32.5 Å². The quantitative estimate of drug-likeness (QED) is 0.740. The van der Waals surface area contributed by atoms with Gasteiger partial charge in [-0.15, -0.1) is 4.57 Å². The van der Waals surface area contributed by atoms with E-state index < -0.39 is 0 Å². The molecule has 0 unspecified atom stereocenters. The molecule has 3 aromatic rings. The largest absolute Gasteiger partial charge is 0.486 e. The molecule has 0 bridgehead atoms. The molecule has 0 aliphatic carbocycles. The Hall–Kier alpha value is -1.98. The molecule has 0 fully saturated rings. The Morgan fingerprint density at radius 3 is 2.86 bits per heavy atom. The molecule has 0 saturated heterocycles. The van der Waals surface area contributed by atoms with Gasteiger partial charge in [0.2, 0.25) is 0 Å². The van der Waals surface area contributed by atoms with Crippen molar-refractivity contribution < 1.29 is 9.26 Å². The lowest BCUT2D eigenvalue weighted by atomic mass is 10.3. The van der Waals surface area contributed by atoms with E-state index in [9.17, 15) is 4.79 Å². The van der Waals surface area contributed by atoms with Crippen molar-refractivity contribution in [2.75, 3.05) is 0 Å². The maximum Gasteiger partial charge on any atom is 0.287 e. The van der Waals surface area contributed by atoms with E-state index in [-0.39, 0.29) is 12.2 Å². The van der Waals surface area contributed by atoms with Gasteiger partial charge in [0, 0.05) is 17.2 Å². The van der Waals surface area contributed by atoms with Crippen molar-refractivity contribution in [3.63, 3.8) is 0 Å². The summed E-state index contributed by atoms with van der Waals surface area (Å²) in [4.78, 5) is 16.2.